The first-order valence-electron chi connectivity index (χ1n) is 12.1. The van der Waals surface area contributed by atoms with Gasteiger partial charge in [-0.1, -0.05) is 37.0 Å². The van der Waals surface area contributed by atoms with Crippen LogP contribution in [0.2, 0.25) is 10.2 Å². The zero-order valence-corrected chi connectivity index (χ0v) is 23.5. The lowest BCUT2D eigenvalue weighted by Gasteiger charge is -2.27. The van der Waals surface area contributed by atoms with Crippen molar-refractivity contribution >= 4 is 41.0 Å². The molecule has 2 atom stereocenters. The average molecular weight is 575 g/mol. The van der Waals surface area contributed by atoms with Crippen LogP contribution in [-0.4, -0.2) is 53.6 Å². The lowest BCUT2D eigenvalue weighted by molar-refractivity contribution is -0.145. The smallest absolute Gasteiger partial charge is 0.322 e. The first kappa shape index (κ1) is 31.4. The third-order valence-electron chi connectivity index (χ3n) is 5.23. The predicted molar refractivity (Wildman–Crippen MR) is 142 cm³/mol. The molecule has 0 saturated carbocycles. The number of aromatic nitrogens is 1. The number of hydrogen-bond donors (Lipinski definition) is 4. The maximum Gasteiger partial charge on any atom is 0.322 e. The number of phenolic OH excluding ortho intramolecular Hbond substituents is 1. The minimum Gasteiger partial charge on any atom is -0.508 e. The highest BCUT2D eigenvalue weighted by atomic mass is 35.5. The van der Waals surface area contributed by atoms with E-state index in [2.05, 4.69) is 20.9 Å². The SMILES string of the molecule is CCOC(=O)C(C)NC(Nc1nc(Cl)c(Oc2ccc(O)c(C(C)C)c2)c(Cl)c1F)NC(C)C(=O)OCC. The maximum absolute atomic E-state index is 15.3. The first-order chi connectivity index (χ1) is 17.9. The van der Waals surface area contributed by atoms with E-state index < -0.39 is 41.2 Å². The topological polar surface area (TPSA) is 131 Å². The number of rotatable bonds is 13. The molecule has 1 heterocycles. The van der Waals surface area contributed by atoms with Gasteiger partial charge in [0, 0.05) is 5.56 Å². The van der Waals surface area contributed by atoms with Crippen LogP contribution >= 0.6 is 23.2 Å². The zero-order valence-electron chi connectivity index (χ0n) is 22.0. The van der Waals surface area contributed by atoms with Crippen LogP contribution in [0.4, 0.5) is 10.2 Å². The van der Waals surface area contributed by atoms with Crippen molar-refractivity contribution in [2.24, 2.45) is 0 Å². The minimum atomic E-state index is -1.07. The Morgan fingerprint density at radius 1 is 1.03 bits per heavy atom. The molecule has 38 heavy (non-hydrogen) atoms. The number of carbonyl (C=O) groups is 2. The van der Waals surface area contributed by atoms with Crippen LogP contribution in [0.15, 0.2) is 18.2 Å². The first-order valence-corrected chi connectivity index (χ1v) is 12.8. The van der Waals surface area contributed by atoms with Crippen LogP contribution < -0.4 is 20.7 Å². The van der Waals surface area contributed by atoms with Gasteiger partial charge in [-0.25, -0.2) is 9.37 Å². The van der Waals surface area contributed by atoms with Crippen LogP contribution in [-0.2, 0) is 19.1 Å². The largest absolute Gasteiger partial charge is 0.508 e. The summed E-state index contributed by atoms with van der Waals surface area (Å²) in [5, 5.41) is 17.8. The van der Waals surface area contributed by atoms with E-state index >= 15 is 4.39 Å². The summed E-state index contributed by atoms with van der Waals surface area (Å²) in [5.41, 5.74) is 0.618. The molecule has 4 N–H and O–H groups in total. The predicted octanol–water partition coefficient (Wildman–Crippen LogP) is 4.93. The number of nitrogens with zero attached hydrogens (tertiary/aromatic N) is 1. The zero-order chi connectivity index (χ0) is 28.6. The van der Waals surface area contributed by atoms with Gasteiger partial charge in [-0.3, -0.25) is 20.2 Å². The van der Waals surface area contributed by atoms with Crippen LogP contribution in [0.5, 0.6) is 17.2 Å². The van der Waals surface area contributed by atoms with Crippen LogP contribution in [0.25, 0.3) is 0 Å². The van der Waals surface area contributed by atoms with Gasteiger partial charge < -0.3 is 24.6 Å². The van der Waals surface area contributed by atoms with Crippen molar-refractivity contribution in [3.8, 4) is 17.2 Å². The molecule has 2 rings (SSSR count). The van der Waals surface area contributed by atoms with E-state index in [9.17, 15) is 14.7 Å². The third kappa shape index (κ3) is 8.32. The molecule has 2 unspecified atom stereocenters. The molecule has 2 aromatic rings. The van der Waals surface area contributed by atoms with E-state index in [0.29, 0.717) is 5.56 Å². The second-order valence-electron chi connectivity index (χ2n) is 8.54. The molecule has 0 spiro atoms. The highest BCUT2D eigenvalue weighted by Gasteiger charge is 2.27. The Labute approximate surface area is 231 Å². The number of pyridine rings is 1. The standard InChI is InChI=1S/C25H33Cl2FN4O6/c1-7-36-23(34)13(5)29-25(30-14(6)24(35)37-8-2)32-22-19(28)18(26)20(21(27)31-22)38-15-9-10-17(33)16(11-15)12(3)4/h9-14,25,29-30,33H,7-8H2,1-6H3,(H,31,32). The monoisotopic (exact) mass is 574 g/mol. The van der Waals surface area contributed by atoms with Crippen LogP contribution in [0.3, 0.4) is 0 Å². The quantitative estimate of drug-likeness (QED) is 0.148. The van der Waals surface area contributed by atoms with Gasteiger partial charge in [0.2, 0.25) is 0 Å². The Bertz CT molecular complexity index is 1110. The molecule has 0 amide bonds. The van der Waals surface area contributed by atoms with Crippen molar-refractivity contribution in [1.29, 1.82) is 0 Å². The van der Waals surface area contributed by atoms with Gasteiger partial charge in [-0.2, -0.15) is 0 Å². The van der Waals surface area contributed by atoms with E-state index in [4.69, 9.17) is 37.4 Å². The number of aromatic hydroxyl groups is 1. The molecule has 0 fully saturated rings. The van der Waals surface area contributed by atoms with Crippen molar-refractivity contribution in [1.82, 2.24) is 15.6 Å². The second-order valence-corrected chi connectivity index (χ2v) is 9.28. The number of esters is 2. The molecule has 13 heteroatoms. The van der Waals surface area contributed by atoms with Gasteiger partial charge in [0.1, 0.15) is 34.9 Å². The van der Waals surface area contributed by atoms with Crippen molar-refractivity contribution in [2.75, 3.05) is 18.5 Å². The molecule has 0 aliphatic rings. The Morgan fingerprint density at radius 3 is 2.08 bits per heavy atom. The molecule has 0 radical (unpaired) electrons. The Balaban J connectivity index is 2.35. The number of hydrogen-bond acceptors (Lipinski definition) is 10. The van der Waals surface area contributed by atoms with Crippen LogP contribution in [0, 0.1) is 5.82 Å². The third-order valence-corrected chi connectivity index (χ3v) is 5.83. The molecule has 1 aromatic heterocycles. The number of nitrogens with one attached hydrogen (secondary N) is 3. The molecule has 210 valence electrons. The molecular weight excluding hydrogens is 542 g/mol. The lowest BCUT2D eigenvalue weighted by Crippen LogP contribution is -2.57. The van der Waals surface area contributed by atoms with Gasteiger partial charge in [0.05, 0.1) is 13.2 Å². The van der Waals surface area contributed by atoms with Crippen molar-refractivity contribution in [3.63, 3.8) is 0 Å². The Kier molecular flexibility index (Phi) is 11.8. The number of halogens is 3. The van der Waals surface area contributed by atoms with E-state index in [1.165, 1.54) is 26.0 Å². The van der Waals surface area contributed by atoms with Crippen molar-refractivity contribution in [3.05, 3.63) is 39.8 Å². The Morgan fingerprint density at radius 2 is 1.58 bits per heavy atom. The summed E-state index contributed by atoms with van der Waals surface area (Å²) < 4.78 is 31.0. The Hall–Kier alpha value is -2.86. The minimum absolute atomic E-state index is 0.00290. The van der Waals surface area contributed by atoms with Gasteiger partial charge >= 0.3 is 11.9 Å². The fourth-order valence-electron chi connectivity index (χ4n) is 3.29. The molecule has 1 aromatic carbocycles. The summed E-state index contributed by atoms with van der Waals surface area (Å²) in [7, 11) is 0. The van der Waals surface area contributed by atoms with Crippen molar-refractivity contribution in [2.45, 2.75) is 65.8 Å². The number of benzene rings is 1. The molecular formula is C25H33Cl2FN4O6. The number of anilines is 1. The summed E-state index contributed by atoms with van der Waals surface area (Å²) in [6.45, 7) is 10.5. The fraction of sp³-hybridized carbons (Fsp3) is 0.480. The normalized spacial score (nSPS) is 13.5. The second kappa shape index (κ2) is 14.3. The number of carbonyl (C=O) groups excluding carboxylic acids is 2. The molecule has 0 aliphatic heterocycles. The summed E-state index contributed by atoms with van der Waals surface area (Å²) in [5.74, 6) is -2.36. The summed E-state index contributed by atoms with van der Waals surface area (Å²) >= 11 is 12.6. The van der Waals surface area contributed by atoms with E-state index in [-0.39, 0.29) is 47.4 Å². The van der Waals surface area contributed by atoms with Gasteiger partial charge in [0.25, 0.3) is 0 Å². The summed E-state index contributed by atoms with van der Waals surface area (Å²) in [4.78, 5) is 28.3. The summed E-state index contributed by atoms with van der Waals surface area (Å²) in [6.07, 6.45) is -1.07. The highest BCUT2D eigenvalue weighted by Crippen LogP contribution is 2.40. The van der Waals surface area contributed by atoms with Gasteiger partial charge in [0.15, 0.2) is 22.5 Å². The molecule has 0 bridgehead atoms. The van der Waals surface area contributed by atoms with Crippen LogP contribution in [0.1, 0.15) is 53.0 Å². The molecule has 0 saturated heterocycles. The fourth-order valence-corrected chi connectivity index (χ4v) is 3.77. The highest BCUT2D eigenvalue weighted by molar-refractivity contribution is 6.36. The van der Waals surface area contributed by atoms with Crippen molar-refractivity contribution < 1.29 is 33.3 Å². The summed E-state index contributed by atoms with van der Waals surface area (Å²) in [6, 6.07) is 2.82. The molecule has 0 aliphatic carbocycles. The maximum atomic E-state index is 15.3. The van der Waals surface area contributed by atoms with Gasteiger partial charge in [-0.05, 0) is 51.8 Å². The van der Waals surface area contributed by atoms with E-state index in [1.54, 1.807) is 19.9 Å². The lowest BCUT2D eigenvalue weighted by atomic mass is 10.0. The van der Waals surface area contributed by atoms with Gasteiger partial charge in [-0.15, -0.1) is 0 Å². The average Bonchev–Trinajstić information content (AvgIpc) is 2.85. The van der Waals surface area contributed by atoms with E-state index in [1.807, 2.05) is 13.8 Å². The number of ether oxygens (including phenoxy) is 3. The molecule has 10 nitrogen and oxygen atoms in total. The van der Waals surface area contributed by atoms with E-state index in [0.717, 1.165) is 0 Å². The number of phenols is 1.